The molecule has 3 nitrogen and oxygen atoms in total. The number of hydrogen-bond acceptors (Lipinski definition) is 3. The minimum atomic E-state index is 0.118. The fourth-order valence-corrected chi connectivity index (χ4v) is 1.41. The third kappa shape index (κ3) is 0.978. The van der Waals surface area contributed by atoms with Gasteiger partial charge in [-0.05, 0) is 12.5 Å². The molecular weight excluding hydrogens is 152 g/mol. The second kappa shape index (κ2) is 2.59. The Morgan fingerprint density at radius 2 is 2.42 bits per heavy atom. The van der Waals surface area contributed by atoms with Crippen molar-refractivity contribution in [2.24, 2.45) is 4.99 Å². The van der Waals surface area contributed by atoms with Gasteiger partial charge in [0.05, 0.1) is 5.70 Å². The molecule has 0 saturated heterocycles. The first kappa shape index (κ1) is 7.28. The number of ketones is 1. The van der Waals surface area contributed by atoms with Crippen molar-refractivity contribution < 1.29 is 4.79 Å². The summed E-state index contributed by atoms with van der Waals surface area (Å²) in [6.45, 7) is 2.80. The molecule has 62 valence electrons. The molecule has 0 aromatic heterocycles. The second-order valence-corrected chi connectivity index (χ2v) is 2.93. The van der Waals surface area contributed by atoms with Crippen LogP contribution < -0.4 is 5.32 Å². The predicted octanol–water partition coefficient (Wildman–Crippen LogP) is 0.791. The quantitative estimate of drug-likeness (QED) is 0.535. The van der Waals surface area contributed by atoms with Gasteiger partial charge in [0, 0.05) is 19.2 Å². The molecule has 0 amide bonds. The Bertz CT molecular complexity index is 323. The highest BCUT2D eigenvalue weighted by molar-refractivity contribution is 6.09. The Hall–Kier alpha value is -1.38. The number of rotatable bonds is 0. The van der Waals surface area contributed by atoms with Crippen LogP contribution >= 0.6 is 0 Å². The maximum Gasteiger partial charge on any atom is 0.188 e. The fraction of sp³-hybridized carbons (Fsp3) is 0.333. The Balaban J connectivity index is 2.43. The fourth-order valence-electron chi connectivity index (χ4n) is 1.41. The molecular formula is C9H10N2O. The van der Waals surface area contributed by atoms with E-state index in [9.17, 15) is 4.79 Å². The van der Waals surface area contributed by atoms with E-state index in [-0.39, 0.29) is 5.78 Å². The van der Waals surface area contributed by atoms with Gasteiger partial charge in [-0.25, -0.2) is 0 Å². The largest absolute Gasteiger partial charge is 0.379 e. The zero-order valence-electron chi connectivity index (χ0n) is 6.92. The highest BCUT2D eigenvalue weighted by Crippen LogP contribution is 2.20. The van der Waals surface area contributed by atoms with Crippen molar-refractivity contribution in [2.45, 2.75) is 13.3 Å². The molecule has 0 atom stereocenters. The molecule has 3 heteroatoms. The number of hydrogen-bond donors (Lipinski definition) is 1. The van der Waals surface area contributed by atoms with Crippen molar-refractivity contribution in [3.8, 4) is 0 Å². The van der Waals surface area contributed by atoms with Crippen molar-refractivity contribution in [1.29, 1.82) is 0 Å². The monoisotopic (exact) mass is 162 g/mol. The van der Waals surface area contributed by atoms with Crippen molar-refractivity contribution in [1.82, 2.24) is 5.32 Å². The minimum absolute atomic E-state index is 0.118. The van der Waals surface area contributed by atoms with Crippen molar-refractivity contribution in [3.05, 3.63) is 23.0 Å². The van der Waals surface area contributed by atoms with Gasteiger partial charge in [0.2, 0.25) is 0 Å². The first-order valence-electron chi connectivity index (χ1n) is 4.00. The molecule has 0 aromatic rings. The van der Waals surface area contributed by atoms with E-state index in [1.54, 1.807) is 6.21 Å². The van der Waals surface area contributed by atoms with Crippen molar-refractivity contribution >= 4 is 12.0 Å². The normalized spacial score (nSPS) is 27.8. The molecule has 2 aliphatic heterocycles. The first-order chi connectivity index (χ1) is 5.79. The highest BCUT2D eigenvalue weighted by Gasteiger charge is 2.20. The lowest BCUT2D eigenvalue weighted by molar-refractivity contribution is -0.114. The maximum atomic E-state index is 11.3. The summed E-state index contributed by atoms with van der Waals surface area (Å²) in [5, 5.41) is 3.13. The van der Waals surface area contributed by atoms with E-state index in [0.29, 0.717) is 12.1 Å². The molecule has 0 spiro atoms. The SMILES string of the molecule is CC1=CCNC1=C1N=CCC1=O. The molecule has 0 radical (unpaired) electrons. The Morgan fingerprint density at radius 3 is 2.92 bits per heavy atom. The number of allylic oxidation sites excluding steroid dienone is 2. The minimum Gasteiger partial charge on any atom is -0.379 e. The standard InChI is InChI=1S/C9H10N2O/c1-6-2-4-10-8(6)9-7(12)3-5-11-9/h2,5,10H,3-4H2,1H3. The van der Waals surface area contributed by atoms with E-state index in [4.69, 9.17) is 0 Å². The molecule has 2 aliphatic rings. The van der Waals surface area contributed by atoms with Gasteiger partial charge in [-0.3, -0.25) is 9.79 Å². The molecule has 1 N–H and O–H groups in total. The summed E-state index contributed by atoms with van der Waals surface area (Å²) in [5.74, 6) is 0.118. The molecule has 0 aromatic carbocycles. The Kier molecular flexibility index (Phi) is 1.57. The van der Waals surface area contributed by atoms with Gasteiger partial charge in [0.1, 0.15) is 5.70 Å². The number of nitrogens with one attached hydrogen (secondary N) is 1. The van der Waals surface area contributed by atoms with Crippen LogP contribution in [0.1, 0.15) is 13.3 Å². The van der Waals surface area contributed by atoms with Gasteiger partial charge < -0.3 is 5.32 Å². The van der Waals surface area contributed by atoms with E-state index in [2.05, 4.69) is 16.4 Å². The van der Waals surface area contributed by atoms with Crippen LogP contribution in [0.15, 0.2) is 28.0 Å². The van der Waals surface area contributed by atoms with E-state index < -0.39 is 0 Å². The summed E-state index contributed by atoms with van der Waals surface area (Å²) in [6.07, 6.45) is 4.18. The maximum absolute atomic E-state index is 11.3. The van der Waals surface area contributed by atoms with Crippen LogP contribution in [0.3, 0.4) is 0 Å². The lowest BCUT2D eigenvalue weighted by atomic mass is 10.1. The summed E-state index contributed by atoms with van der Waals surface area (Å²) in [7, 11) is 0. The second-order valence-electron chi connectivity index (χ2n) is 2.93. The van der Waals surface area contributed by atoms with E-state index in [0.717, 1.165) is 17.8 Å². The van der Waals surface area contributed by atoms with E-state index in [1.165, 1.54) is 0 Å². The summed E-state index contributed by atoms with van der Waals surface area (Å²) < 4.78 is 0. The average molecular weight is 162 g/mol. The Morgan fingerprint density at radius 1 is 1.58 bits per heavy atom. The van der Waals surface area contributed by atoms with Crippen LogP contribution in [-0.2, 0) is 4.79 Å². The van der Waals surface area contributed by atoms with E-state index >= 15 is 0 Å². The number of Topliss-reactive ketones (excluding diaryl/α,β-unsaturated/α-hetero) is 1. The molecule has 2 heterocycles. The third-order valence-corrected chi connectivity index (χ3v) is 2.08. The van der Waals surface area contributed by atoms with Gasteiger partial charge in [0.25, 0.3) is 0 Å². The van der Waals surface area contributed by atoms with Gasteiger partial charge >= 0.3 is 0 Å². The van der Waals surface area contributed by atoms with Gasteiger partial charge in [-0.1, -0.05) is 6.08 Å². The van der Waals surface area contributed by atoms with Gasteiger partial charge in [0.15, 0.2) is 5.78 Å². The number of carbonyl (C=O) groups excluding carboxylic acids is 1. The number of carbonyl (C=O) groups is 1. The van der Waals surface area contributed by atoms with Gasteiger partial charge in [-0.15, -0.1) is 0 Å². The molecule has 0 bridgehead atoms. The van der Waals surface area contributed by atoms with Gasteiger partial charge in [-0.2, -0.15) is 0 Å². The topological polar surface area (TPSA) is 41.5 Å². The van der Waals surface area contributed by atoms with Crippen LogP contribution in [0.25, 0.3) is 0 Å². The lowest BCUT2D eigenvalue weighted by Crippen LogP contribution is -2.11. The summed E-state index contributed by atoms with van der Waals surface area (Å²) in [5.41, 5.74) is 2.63. The van der Waals surface area contributed by atoms with Crippen molar-refractivity contribution in [2.75, 3.05) is 6.54 Å². The summed E-state index contributed by atoms with van der Waals surface area (Å²) in [6, 6.07) is 0. The molecule has 2 rings (SSSR count). The van der Waals surface area contributed by atoms with Crippen molar-refractivity contribution in [3.63, 3.8) is 0 Å². The molecule has 0 saturated carbocycles. The van der Waals surface area contributed by atoms with Crippen LogP contribution in [0.2, 0.25) is 0 Å². The zero-order valence-corrected chi connectivity index (χ0v) is 6.92. The smallest absolute Gasteiger partial charge is 0.188 e. The lowest BCUT2D eigenvalue weighted by Gasteiger charge is -2.02. The summed E-state index contributed by atoms with van der Waals surface area (Å²) in [4.78, 5) is 15.3. The molecule has 0 unspecified atom stereocenters. The number of nitrogens with zero attached hydrogens (tertiary/aromatic N) is 1. The average Bonchev–Trinajstić information content (AvgIpc) is 2.59. The summed E-state index contributed by atoms with van der Waals surface area (Å²) >= 11 is 0. The van der Waals surface area contributed by atoms with Crippen LogP contribution in [-0.4, -0.2) is 18.5 Å². The highest BCUT2D eigenvalue weighted by atomic mass is 16.1. The zero-order chi connectivity index (χ0) is 8.55. The first-order valence-corrected chi connectivity index (χ1v) is 4.00. The van der Waals surface area contributed by atoms with Crippen LogP contribution in [0, 0.1) is 0 Å². The predicted molar refractivity (Wildman–Crippen MR) is 46.9 cm³/mol. The number of aliphatic imine (C=N–C) groups is 1. The van der Waals surface area contributed by atoms with E-state index in [1.807, 2.05) is 6.92 Å². The van der Waals surface area contributed by atoms with Crippen LogP contribution in [0.5, 0.6) is 0 Å². The molecule has 12 heavy (non-hydrogen) atoms. The Labute approximate surface area is 70.9 Å². The third-order valence-electron chi connectivity index (χ3n) is 2.08. The molecule has 0 fully saturated rings. The molecule has 0 aliphatic carbocycles. The van der Waals surface area contributed by atoms with Crippen LogP contribution in [0.4, 0.5) is 0 Å².